The summed E-state index contributed by atoms with van der Waals surface area (Å²) in [5.74, 6) is -0.214. The molecule has 162 valence electrons. The fraction of sp³-hybridized carbons (Fsp3) is 0.360. The van der Waals surface area contributed by atoms with E-state index in [1.54, 1.807) is 6.08 Å². The minimum atomic E-state index is -0.541. The molecule has 0 aliphatic heterocycles. The number of aromatic nitrogens is 1. The summed E-state index contributed by atoms with van der Waals surface area (Å²) in [6, 6.07) is 9.61. The first kappa shape index (κ1) is 22.4. The number of carbonyl (C=O) groups excluding carboxylic acids is 2. The lowest BCUT2D eigenvalue weighted by Crippen LogP contribution is -2.28. The number of nitrogens with zero attached hydrogens (tertiary/aromatic N) is 3. The molecule has 0 saturated heterocycles. The molecular formula is C25H30N4O2. The maximum absolute atomic E-state index is 12.7. The summed E-state index contributed by atoms with van der Waals surface area (Å²) in [7, 11) is 0. The van der Waals surface area contributed by atoms with E-state index in [2.05, 4.69) is 29.0 Å². The third kappa shape index (κ3) is 4.90. The number of benzene rings is 1. The molecule has 0 spiro atoms. The van der Waals surface area contributed by atoms with Crippen LogP contribution in [0.15, 0.2) is 47.5 Å². The van der Waals surface area contributed by atoms with Crippen molar-refractivity contribution in [1.82, 2.24) is 4.98 Å². The zero-order chi connectivity index (χ0) is 22.8. The Hall–Kier alpha value is -3.28. The number of aryl methyl sites for hydroxylation is 1. The molecule has 1 heterocycles. The average molecular weight is 419 g/mol. The summed E-state index contributed by atoms with van der Waals surface area (Å²) in [4.78, 5) is 36.4. The second-order valence-electron chi connectivity index (χ2n) is 8.62. The van der Waals surface area contributed by atoms with Crippen LogP contribution in [0.1, 0.15) is 56.4 Å². The van der Waals surface area contributed by atoms with Crippen molar-refractivity contribution in [1.29, 1.82) is 0 Å². The second-order valence-corrected chi connectivity index (χ2v) is 8.62. The van der Waals surface area contributed by atoms with Crippen LogP contribution in [-0.2, 0) is 4.79 Å². The number of anilines is 2. The molecule has 1 aromatic carbocycles. The van der Waals surface area contributed by atoms with Gasteiger partial charge in [0.1, 0.15) is 5.69 Å². The van der Waals surface area contributed by atoms with E-state index in [1.807, 2.05) is 58.0 Å². The lowest BCUT2D eigenvalue weighted by atomic mass is 9.95. The fourth-order valence-corrected chi connectivity index (χ4v) is 3.32. The van der Waals surface area contributed by atoms with Gasteiger partial charge in [0.2, 0.25) is 11.7 Å². The minimum Gasteiger partial charge on any atom is -0.372 e. The van der Waals surface area contributed by atoms with Gasteiger partial charge < -0.3 is 10.2 Å². The standard InChI is InChI=1S/C25H30N4O2/c1-7-29(8-2)17-10-12-20(21(15-17)28-24(31)25(4,5)6)27-19-13-14-22(30)23-18(19)11-9-16(3)26-23/h9-15H,7-8H2,1-6H3,(H,28,31)/b27-19+. The van der Waals surface area contributed by atoms with Crippen molar-refractivity contribution in [2.24, 2.45) is 10.4 Å². The van der Waals surface area contributed by atoms with E-state index < -0.39 is 5.41 Å². The zero-order valence-corrected chi connectivity index (χ0v) is 19.1. The summed E-state index contributed by atoms with van der Waals surface area (Å²) < 4.78 is 0. The van der Waals surface area contributed by atoms with Crippen LogP contribution in [0.5, 0.6) is 0 Å². The smallest absolute Gasteiger partial charge is 0.229 e. The van der Waals surface area contributed by atoms with E-state index in [4.69, 9.17) is 4.99 Å². The quantitative estimate of drug-likeness (QED) is 0.733. The Morgan fingerprint density at radius 2 is 1.81 bits per heavy atom. The average Bonchev–Trinajstić information content (AvgIpc) is 2.72. The van der Waals surface area contributed by atoms with Gasteiger partial charge in [-0.25, -0.2) is 9.98 Å². The van der Waals surface area contributed by atoms with Crippen molar-refractivity contribution in [3.05, 3.63) is 59.4 Å². The van der Waals surface area contributed by atoms with Gasteiger partial charge in [-0.2, -0.15) is 0 Å². The number of aliphatic imine (C=N–C) groups is 1. The van der Waals surface area contributed by atoms with Crippen molar-refractivity contribution in [3.63, 3.8) is 0 Å². The molecule has 1 aliphatic rings. The largest absolute Gasteiger partial charge is 0.372 e. The van der Waals surface area contributed by atoms with Crippen LogP contribution in [0, 0.1) is 12.3 Å². The van der Waals surface area contributed by atoms with Crippen LogP contribution in [0.2, 0.25) is 0 Å². The SMILES string of the molecule is CCN(CC)c1ccc(/N=C2\C=CC(=O)c3nc(C)ccc32)c(NC(=O)C(C)(C)C)c1. The van der Waals surface area contributed by atoms with Crippen LogP contribution < -0.4 is 10.2 Å². The zero-order valence-electron chi connectivity index (χ0n) is 19.1. The van der Waals surface area contributed by atoms with Crippen LogP contribution in [-0.4, -0.2) is 35.5 Å². The van der Waals surface area contributed by atoms with Crippen LogP contribution in [0.25, 0.3) is 0 Å². The lowest BCUT2D eigenvalue weighted by Gasteiger charge is -2.24. The first-order chi connectivity index (χ1) is 14.6. The molecular weight excluding hydrogens is 388 g/mol. The molecule has 6 heteroatoms. The summed E-state index contributed by atoms with van der Waals surface area (Å²) in [6.07, 6.45) is 3.20. The third-order valence-electron chi connectivity index (χ3n) is 5.22. The predicted molar refractivity (Wildman–Crippen MR) is 127 cm³/mol. The Labute approximate surface area is 184 Å². The predicted octanol–water partition coefficient (Wildman–Crippen LogP) is 5.09. The number of fused-ring (bicyclic) bond motifs is 1. The number of amides is 1. The molecule has 2 aromatic rings. The van der Waals surface area contributed by atoms with Gasteiger partial charge >= 0.3 is 0 Å². The van der Waals surface area contributed by atoms with E-state index in [-0.39, 0.29) is 11.7 Å². The Morgan fingerprint density at radius 1 is 1.10 bits per heavy atom. The van der Waals surface area contributed by atoms with Crippen molar-refractivity contribution < 1.29 is 9.59 Å². The Kier molecular flexibility index (Phi) is 6.39. The van der Waals surface area contributed by atoms with Crippen molar-refractivity contribution in [2.45, 2.75) is 41.5 Å². The topological polar surface area (TPSA) is 74.7 Å². The van der Waals surface area contributed by atoms with Gasteiger partial charge in [0.05, 0.1) is 17.1 Å². The molecule has 6 nitrogen and oxygen atoms in total. The molecule has 1 amide bonds. The number of pyridine rings is 1. The Balaban J connectivity index is 2.11. The molecule has 0 atom stereocenters. The molecule has 3 rings (SSSR count). The molecule has 1 aromatic heterocycles. The number of hydrogen-bond acceptors (Lipinski definition) is 5. The Bertz CT molecular complexity index is 1070. The van der Waals surface area contributed by atoms with Crippen molar-refractivity contribution >= 4 is 34.5 Å². The van der Waals surface area contributed by atoms with Crippen LogP contribution >= 0.6 is 0 Å². The van der Waals surface area contributed by atoms with Gasteiger partial charge in [0, 0.05) is 35.4 Å². The number of ketones is 1. The molecule has 0 bridgehead atoms. The maximum atomic E-state index is 12.7. The van der Waals surface area contributed by atoms with Crippen LogP contribution in [0.4, 0.5) is 17.1 Å². The van der Waals surface area contributed by atoms with Gasteiger partial charge in [-0.15, -0.1) is 0 Å². The molecule has 0 unspecified atom stereocenters. The van der Waals surface area contributed by atoms with Gasteiger partial charge in [0.25, 0.3) is 0 Å². The normalized spacial score (nSPS) is 14.5. The highest BCUT2D eigenvalue weighted by atomic mass is 16.2. The Morgan fingerprint density at radius 3 is 2.45 bits per heavy atom. The first-order valence-corrected chi connectivity index (χ1v) is 10.6. The van der Waals surface area contributed by atoms with E-state index in [0.29, 0.717) is 28.3 Å². The van der Waals surface area contributed by atoms with E-state index in [9.17, 15) is 9.59 Å². The van der Waals surface area contributed by atoms with Gasteiger partial charge in [-0.3, -0.25) is 9.59 Å². The van der Waals surface area contributed by atoms with Gasteiger partial charge in [-0.1, -0.05) is 20.8 Å². The third-order valence-corrected chi connectivity index (χ3v) is 5.22. The monoisotopic (exact) mass is 418 g/mol. The molecule has 1 N–H and O–H groups in total. The number of hydrogen-bond donors (Lipinski definition) is 1. The summed E-state index contributed by atoms with van der Waals surface area (Å²) in [6.45, 7) is 13.4. The van der Waals surface area contributed by atoms with Gasteiger partial charge in [-0.05, 0) is 63.3 Å². The molecule has 0 radical (unpaired) electrons. The molecule has 0 fully saturated rings. The van der Waals surface area contributed by atoms with Crippen molar-refractivity contribution in [2.75, 3.05) is 23.3 Å². The van der Waals surface area contributed by atoms with E-state index in [1.165, 1.54) is 6.08 Å². The van der Waals surface area contributed by atoms with Crippen molar-refractivity contribution in [3.8, 4) is 0 Å². The van der Waals surface area contributed by atoms with Crippen LogP contribution in [0.3, 0.4) is 0 Å². The second kappa shape index (κ2) is 8.84. The summed E-state index contributed by atoms with van der Waals surface area (Å²) >= 11 is 0. The fourth-order valence-electron chi connectivity index (χ4n) is 3.32. The highest BCUT2D eigenvalue weighted by molar-refractivity contribution is 6.23. The summed E-state index contributed by atoms with van der Waals surface area (Å²) in [5, 5.41) is 3.05. The van der Waals surface area contributed by atoms with E-state index in [0.717, 1.165) is 24.5 Å². The number of carbonyl (C=O) groups is 2. The molecule has 1 aliphatic carbocycles. The number of rotatable bonds is 5. The first-order valence-electron chi connectivity index (χ1n) is 10.6. The minimum absolute atomic E-state index is 0.0855. The highest BCUT2D eigenvalue weighted by Gasteiger charge is 2.23. The summed E-state index contributed by atoms with van der Waals surface area (Å²) in [5.41, 5.74) is 4.27. The highest BCUT2D eigenvalue weighted by Crippen LogP contribution is 2.33. The number of nitrogens with one attached hydrogen (secondary N) is 1. The molecule has 0 saturated carbocycles. The molecule has 31 heavy (non-hydrogen) atoms. The van der Waals surface area contributed by atoms with Gasteiger partial charge in [0.15, 0.2) is 0 Å². The lowest BCUT2D eigenvalue weighted by molar-refractivity contribution is -0.123. The number of allylic oxidation sites excluding steroid dienone is 2. The maximum Gasteiger partial charge on any atom is 0.229 e. The van der Waals surface area contributed by atoms with E-state index >= 15 is 0 Å².